The van der Waals surface area contributed by atoms with Gasteiger partial charge in [0, 0.05) is 17.7 Å². The number of aromatic amines is 1. The molecule has 6 nitrogen and oxygen atoms in total. The Morgan fingerprint density at radius 3 is 2.78 bits per heavy atom. The average molecular weight is 314 g/mol. The van der Waals surface area contributed by atoms with Crippen molar-refractivity contribution in [2.45, 2.75) is 39.2 Å². The number of furan rings is 1. The van der Waals surface area contributed by atoms with Crippen LogP contribution in [0.5, 0.6) is 0 Å². The van der Waals surface area contributed by atoms with Gasteiger partial charge in [-0.05, 0) is 44.9 Å². The second kappa shape index (κ2) is 5.87. The van der Waals surface area contributed by atoms with Crippen LogP contribution in [-0.4, -0.2) is 16.7 Å². The number of H-pyrrole nitrogens is 1. The largest absolute Gasteiger partial charge is 0.464 e. The molecule has 0 aromatic carbocycles. The standard InChI is InChI=1S/C17H18N2O4/c1-9-6-7-15(23-9)10(2)18-16(21)12-8-11-13(19-17(12)22)4-3-5-14(11)20/h6-8,10H,3-5H2,1-2H3,(H,18,21)(H,19,22)/t10-/m1/s1. The van der Waals surface area contributed by atoms with Gasteiger partial charge in [-0.1, -0.05) is 0 Å². The predicted octanol–water partition coefficient (Wildman–Crippen LogP) is 2.29. The predicted molar refractivity (Wildman–Crippen MR) is 83.7 cm³/mol. The Balaban J connectivity index is 1.86. The van der Waals surface area contributed by atoms with Crippen molar-refractivity contribution in [2.24, 2.45) is 0 Å². The quantitative estimate of drug-likeness (QED) is 0.909. The van der Waals surface area contributed by atoms with Crippen molar-refractivity contribution in [2.75, 3.05) is 0 Å². The lowest BCUT2D eigenvalue weighted by Crippen LogP contribution is -2.33. The molecule has 1 aliphatic carbocycles. The number of ketones is 1. The van der Waals surface area contributed by atoms with E-state index in [2.05, 4.69) is 10.3 Å². The molecule has 0 bridgehead atoms. The van der Waals surface area contributed by atoms with Gasteiger partial charge in [-0.15, -0.1) is 0 Å². The number of hydrogen-bond acceptors (Lipinski definition) is 4. The van der Waals surface area contributed by atoms with Gasteiger partial charge in [0.25, 0.3) is 11.5 Å². The zero-order chi connectivity index (χ0) is 16.6. The van der Waals surface area contributed by atoms with Crippen LogP contribution in [0.25, 0.3) is 0 Å². The molecule has 0 saturated heterocycles. The van der Waals surface area contributed by atoms with Crippen molar-refractivity contribution in [3.63, 3.8) is 0 Å². The molecule has 1 atom stereocenters. The van der Waals surface area contributed by atoms with Gasteiger partial charge in [0.05, 0.1) is 6.04 Å². The third kappa shape index (κ3) is 2.97. The van der Waals surface area contributed by atoms with E-state index >= 15 is 0 Å². The van der Waals surface area contributed by atoms with E-state index in [0.29, 0.717) is 29.9 Å². The van der Waals surface area contributed by atoms with Crippen molar-refractivity contribution in [1.82, 2.24) is 10.3 Å². The van der Waals surface area contributed by atoms with Gasteiger partial charge in [-0.3, -0.25) is 14.4 Å². The Labute approximate surface area is 132 Å². The highest BCUT2D eigenvalue weighted by Gasteiger charge is 2.23. The maximum absolute atomic E-state index is 12.4. The fourth-order valence-electron chi connectivity index (χ4n) is 2.78. The zero-order valence-corrected chi connectivity index (χ0v) is 13.1. The van der Waals surface area contributed by atoms with E-state index in [9.17, 15) is 14.4 Å². The van der Waals surface area contributed by atoms with Crippen LogP contribution in [0.2, 0.25) is 0 Å². The molecule has 2 heterocycles. The molecular formula is C17H18N2O4. The lowest BCUT2D eigenvalue weighted by atomic mass is 9.93. The van der Waals surface area contributed by atoms with E-state index in [1.165, 1.54) is 6.07 Å². The summed E-state index contributed by atoms with van der Waals surface area (Å²) in [6.45, 7) is 3.59. The van der Waals surface area contributed by atoms with E-state index in [1.54, 1.807) is 13.0 Å². The van der Waals surface area contributed by atoms with E-state index in [0.717, 1.165) is 12.2 Å². The summed E-state index contributed by atoms with van der Waals surface area (Å²) < 4.78 is 5.47. The van der Waals surface area contributed by atoms with Gasteiger partial charge >= 0.3 is 0 Å². The summed E-state index contributed by atoms with van der Waals surface area (Å²) in [5.41, 5.74) is 0.549. The molecule has 0 aliphatic heterocycles. The van der Waals surface area contributed by atoms with E-state index < -0.39 is 11.5 Å². The molecule has 3 rings (SSSR count). The molecule has 1 aliphatic rings. The molecule has 23 heavy (non-hydrogen) atoms. The number of rotatable bonds is 3. The Morgan fingerprint density at radius 1 is 1.30 bits per heavy atom. The molecule has 2 aromatic rings. The molecule has 0 unspecified atom stereocenters. The third-order valence-electron chi connectivity index (χ3n) is 4.03. The van der Waals surface area contributed by atoms with Crippen LogP contribution in [0.1, 0.15) is 63.7 Å². The summed E-state index contributed by atoms with van der Waals surface area (Å²) in [4.78, 5) is 39.1. The number of fused-ring (bicyclic) bond motifs is 1. The fourth-order valence-corrected chi connectivity index (χ4v) is 2.78. The van der Waals surface area contributed by atoms with Crippen molar-refractivity contribution in [3.8, 4) is 0 Å². The highest BCUT2D eigenvalue weighted by molar-refractivity contribution is 6.01. The molecule has 6 heteroatoms. The second-order valence-corrected chi connectivity index (χ2v) is 5.82. The Bertz CT molecular complexity index is 831. The van der Waals surface area contributed by atoms with Gasteiger partial charge in [0.1, 0.15) is 17.1 Å². The van der Waals surface area contributed by atoms with Gasteiger partial charge in [0.15, 0.2) is 5.78 Å². The number of pyridine rings is 1. The number of carbonyl (C=O) groups is 2. The summed E-state index contributed by atoms with van der Waals surface area (Å²) in [7, 11) is 0. The van der Waals surface area contributed by atoms with Gasteiger partial charge in [0.2, 0.25) is 0 Å². The van der Waals surface area contributed by atoms with E-state index in [1.807, 2.05) is 13.0 Å². The first-order valence-electron chi connectivity index (χ1n) is 7.62. The number of amides is 1. The van der Waals surface area contributed by atoms with Gasteiger partial charge in [-0.2, -0.15) is 0 Å². The first-order chi connectivity index (χ1) is 11.0. The fraction of sp³-hybridized carbons (Fsp3) is 0.353. The minimum absolute atomic E-state index is 0.0359. The third-order valence-corrected chi connectivity index (χ3v) is 4.03. The minimum atomic E-state index is -0.519. The van der Waals surface area contributed by atoms with Crippen molar-refractivity contribution in [1.29, 1.82) is 0 Å². The Kier molecular flexibility index (Phi) is 3.90. The highest BCUT2D eigenvalue weighted by atomic mass is 16.3. The van der Waals surface area contributed by atoms with Gasteiger partial charge in [-0.25, -0.2) is 0 Å². The molecule has 0 saturated carbocycles. The molecule has 0 spiro atoms. The molecule has 0 radical (unpaired) electrons. The first kappa shape index (κ1) is 15.3. The topological polar surface area (TPSA) is 92.2 Å². The van der Waals surface area contributed by atoms with Crippen molar-refractivity contribution in [3.05, 3.63) is 56.9 Å². The normalized spacial score (nSPS) is 15.1. The maximum Gasteiger partial charge on any atom is 0.261 e. The average Bonchev–Trinajstić information content (AvgIpc) is 2.93. The molecule has 2 aromatic heterocycles. The number of aryl methyl sites for hydroxylation is 2. The molecule has 0 fully saturated rings. The van der Waals surface area contributed by atoms with Crippen LogP contribution in [0.4, 0.5) is 0 Å². The first-order valence-corrected chi connectivity index (χ1v) is 7.62. The number of hydrogen-bond donors (Lipinski definition) is 2. The smallest absolute Gasteiger partial charge is 0.261 e. The van der Waals surface area contributed by atoms with Gasteiger partial charge < -0.3 is 14.7 Å². The number of aromatic nitrogens is 1. The van der Waals surface area contributed by atoms with Crippen LogP contribution in [0.3, 0.4) is 0 Å². The summed E-state index contributed by atoms with van der Waals surface area (Å²) in [5, 5.41) is 2.72. The molecule has 2 N–H and O–H groups in total. The monoisotopic (exact) mass is 314 g/mol. The molecule has 1 amide bonds. The number of carbonyl (C=O) groups excluding carboxylic acids is 2. The lowest BCUT2D eigenvalue weighted by molar-refractivity contribution is 0.0933. The van der Waals surface area contributed by atoms with Crippen LogP contribution >= 0.6 is 0 Å². The summed E-state index contributed by atoms with van der Waals surface area (Å²) >= 11 is 0. The van der Waals surface area contributed by atoms with Crippen LogP contribution < -0.4 is 10.9 Å². The van der Waals surface area contributed by atoms with E-state index in [-0.39, 0.29) is 17.4 Å². The summed E-state index contributed by atoms with van der Waals surface area (Å²) in [6.07, 6.45) is 1.82. The maximum atomic E-state index is 12.4. The lowest BCUT2D eigenvalue weighted by Gasteiger charge is -2.16. The van der Waals surface area contributed by atoms with Crippen molar-refractivity contribution >= 4 is 11.7 Å². The van der Waals surface area contributed by atoms with Crippen molar-refractivity contribution < 1.29 is 14.0 Å². The molecule has 120 valence electrons. The Hall–Kier alpha value is -2.63. The summed E-state index contributed by atoms with van der Waals surface area (Å²) in [5.74, 6) is 0.805. The van der Waals surface area contributed by atoms with Crippen LogP contribution in [0, 0.1) is 6.92 Å². The number of nitrogens with one attached hydrogen (secondary N) is 2. The molecular weight excluding hydrogens is 296 g/mol. The zero-order valence-electron chi connectivity index (χ0n) is 13.1. The van der Waals surface area contributed by atoms with Crippen LogP contribution in [0.15, 0.2) is 27.4 Å². The second-order valence-electron chi connectivity index (χ2n) is 5.82. The SMILES string of the molecule is Cc1ccc([C@@H](C)NC(=O)c2cc3c([nH]c2=O)CCCC3=O)o1. The van der Waals surface area contributed by atoms with E-state index in [4.69, 9.17) is 4.42 Å². The Morgan fingerprint density at radius 2 is 2.09 bits per heavy atom. The number of Topliss-reactive ketones (excluding diaryl/α,β-unsaturated/α-hetero) is 1. The highest BCUT2D eigenvalue weighted by Crippen LogP contribution is 2.20. The van der Waals surface area contributed by atoms with Crippen LogP contribution in [-0.2, 0) is 6.42 Å². The summed E-state index contributed by atoms with van der Waals surface area (Å²) in [6, 6.07) is 4.62. The minimum Gasteiger partial charge on any atom is -0.464 e.